The smallest absolute Gasteiger partial charge is 0.0681 e. The van der Waals surface area contributed by atoms with Gasteiger partial charge in [-0.3, -0.25) is 0 Å². The molecule has 3 N–H and O–H groups in total. The SMILES string of the molecule is CC(C)(N)CSCC(C)(C)O. The zero-order valence-corrected chi connectivity index (χ0v) is 8.66. The van der Waals surface area contributed by atoms with Crippen molar-refractivity contribution in [2.75, 3.05) is 11.5 Å². The lowest BCUT2D eigenvalue weighted by molar-refractivity contribution is 0.107. The molecule has 2 nitrogen and oxygen atoms in total. The van der Waals surface area contributed by atoms with Crippen molar-refractivity contribution in [2.24, 2.45) is 5.73 Å². The van der Waals surface area contributed by atoms with E-state index in [-0.39, 0.29) is 5.54 Å². The minimum absolute atomic E-state index is 0.129. The summed E-state index contributed by atoms with van der Waals surface area (Å²) in [7, 11) is 0. The van der Waals surface area contributed by atoms with Crippen molar-refractivity contribution in [2.45, 2.75) is 38.8 Å². The van der Waals surface area contributed by atoms with Gasteiger partial charge in [0, 0.05) is 17.0 Å². The molecular weight excluding hydrogens is 158 g/mol. The van der Waals surface area contributed by atoms with E-state index in [9.17, 15) is 5.11 Å². The van der Waals surface area contributed by atoms with E-state index < -0.39 is 5.60 Å². The first-order chi connectivity index (χ1) is 4.71. The third-order valence-corrected chi connectivity index (χ3v) is 2.79. The van der Waals surface area contributed by atoms with E-state index in [1.807, 2.05) is 27.7 Å². The first-order valence-electron chi connectivity index (χ1n) is 3.80. The highest BCUT2D eigenvalue weighted by atomic mass is 32.2. The summed E-state index contributed by atoms with van der Waals surface area (Å²) in [5.41, 5.74) is 5.06. The molecule has 0 fully saturated rings. The van der Waals surface area contributed by atoms with Crippen molar-refractivity contribution in [1.29, 1.82) is 0 Å². The van der Waals surface area contributed by atoms with Crippen molar-refractivity contribution in [3.8, 4) is 0 Å². The van der Waals surface area contributed by atoms with Crippen LogP contribution in [0, 0.1) is 0 Å². The third-order valence-electron chi connectivity index (χ3n) is 0.929. The lowest BCUT2D eigenvalue weighted by Crippen LogP contribution is -2.36. The summed E-state index contributed by atoms with van der Waals surface area (Å²) in [4.78, 5) is 0. The Morgan fingerprint density at radius 2 is 1.64 bits per heavy atom. The fourth-order valence-corrected chi connectivity index (χ4v) is 1.69. The average molecular weight is 177 g/mol. The molecule has 11 heavy (non-hydrogen) atoms. The van der Waals surface area contributed by atoms with Gasteiger partial charge in [0.05, 0.1) is 5.60 Å². The Balaban J connectivity index is 3.44. The van der Waals surface area contributed by atoms with Crippen LogP contribution in [0.5, 0.6) is 0 Å². The summed E-state index contributed by atoms with van der Waals surface area (Å²) in [6.45, 7) is 7.60. The van der Waals surface area contributed by atoms with E-state index in [2.05, 4.69) is 0 Å². The molecule has 0 aromatic rings. The lowest BCUT2D eigenvalue weighted by Gasteiger charge is -2.21. The average Bonchev–Trinajstić information content (AvgIpc) is 1.55. The Morgan fingerprint density at radius 1 is 1.18 bits per heavy atom. The van der Waals surface area contributed by atoms with E-state index in [0.29, 0.717) is 0 Å². The number of thioether (sulfide) groups is 1. The maximum absolute atomic E-state index is 9.35. The van der Waals surface area contributed by atoms with Crippen molar-refractivity contribution < 1.29 is 5.11 Å². The first-order valence-corrected chi connectivity index (χ1v) is 4.95. The first kappa shape index (κ1) is 11.3. The summed E-state index contributed by atoms with van der Waals surface area (Å²) in [6, 6.07) is 0. The summed E-state index contributed by atoms with van der Waals surface area (Å²) in [6.07, 6.45) is 0. The second-order valence-electron chi connectivity index (χ2n) is 4.29. The maximum Gasteiger partial charge on any atom is 0.0681 e. The van der Waals surface area contributed by atoms with Crippen LogP contribution in [0.1, 0.15) is 27.7 Å². The van der Waals surface area contributed by atoms with Crippen LogP contribution in [0.25, 0.3) is 0 Å². The molecule has 0 spiro atoms. The molecule has 0 saturated heterocycles. The van der Waals surface area contributed by atoms with Gasteiger partial charge in [0.2, 0.25) is 0 Å². The molecule has 0 atom stereocenters. The molecule has 0 heterocycles. The molecule has 0 saturated carbocycles. The zero-order valence-electron chi connectivity index (χ0n) is 7.85. The minimum Gasteiger partial charge on any atom is -0.390 e. The van der Waals surface area contributed by atoms with Gasteiger partial charge in [0.15, 0.2) is 0 Å². The normalized spacial score (nSPS) is 13.6. The summed E-state index contributed by atoms with van der Waals surface area (Å²) >= 11 is 1.69. The molecule has 0 aliphatic rings. The minimum atomic E-state index is -0.573. The van der Waals surface area contributed by atoms with Gasteiger partial charge >= 0.3 is 0 Å². The number of nitrogens with two attached hydrogens (primary N) is 1. The van der Waals surface area contributed by atoms with E-state index in [1.165, 1.54) is 0 Å². The Bertz CT molecular complexity index is 98.2. The molecule has 0 unspecified atom stereocenters. The van der Waals surface area contributed by atoms with Crippen LogP contribution in [-0.2, 0) is 0 Å². The number of aliphatic hydroxyl groups is 1. The second-order valence-corrected chi connectivity index (χ2v) is 5.28. The van der Waals surface area contributed by atoms with E-state index in [4.69, 9.17) is 5.73 Å². The van der Waals surface area contributed by atoms with Crippen LogP contribution in [0.4, 0.5) is 0 Å². The van der Waals surface area contributed by atoms with Crippen LogP contribution in [-0.4, -0.2) is 27.8 Å². The zero-order chi connectivity index (χ0) is 9.12. The number of rotatable bonds is 4. The molecule has 0 aromatic carbocycles. The van der Waals surface area contributed by atoms with Crippen molar-refractivity contribution >= 4 is 11.8 Å². The van der Waals surface area contributed by atoms with E-state index in [0.717, 1.165) is 11.5 Å². The quantitative estimate of drug-likeness (QED) is 0.679. The van der Waals surface area contributed by atoms with Gasteiger partial charge in [-0.25, -0.2) is 0 Å². The molecule has 0 aromatic heterocycles. The Labute approximate surface area is 73.6 Å². The van der Waals surface area contributed by atoms with Crippen LogP contribution >= 0.6 is 11.8 Å². The predicted molar refractivity (Wildman–Crippen MR) is 51.9 cm³/mol. The molecule has 68 valence electrons. The standard InChI is InChI=1S/C8H19NOS/c1-7(2,9)5-11-6-8(3,4)10/h10H,5-6,9H2,1-4H3. The predicted octanol–water partition coefficient (Wildman–Crippen LogP) is 1.23. The molecule has 0 rings (SSSR count). The summed E-state index contributed by atoms with van der Waals surface area (Å²) < 4.78 is 0. The number of hydrogen-bond acceptors (Lipinski definition) is 3. The van der Waals surface area contributed by atoms with Gasteiger partial charge in [0.1, 0.15) is 0 Å². The topological polar surface area (TPSA) is 46.2 Å². The maximum atomic E-state index is 9.35. The highest BCUT2D eigenvalue weighted by Crippen LogP contribution is 2.15. The lowest BCUT2D eigenvalue weighted by atomic mass is 10.1. The molecule has 0 bridgehead atoms. The fraction of sp³-hybridized carbons (Fsp3) is 1.00. The van der Waals surface area contributed by atoms with E-state index in [1.54, 1.807) is 11.8 Å². The molecule has 0 aliphatic carbocycles. The van der Waals surface area contributed by atoms with Crippen molar-refractivity contribution in [1.82, 2.24) is 0 Å². The second kappa shape index (κ2) is 3.78. The Hall–Kier alpha value is 0.270. The van der Waals surface area contributed by atoms with Crippen LogP contribution in [0.3, 0.4) is 0 Å². The third kappa shape index (κ3) is 10.3. The van der Waals surface area contributed by atoms with E-state index >= 15 is 0 Å². The largest absolute Gasteiger partial charge is 0.390 e. The Kier molecular flexibility index (Phi) is 3.88. The molecule has 0 radical (unpaired) electrons. The highest BCUT2D eigenvalue weighted by molar-refractivity contribution is 7.99. The molecular formula is C8H19NOS. The van der Waals surface area contributed by atoms with Crippen molar-refractivity contribution in [3.05, 3.63) is 0 Å². The summed E-state index contributed by atoms with van der Waals surface area (Å²) in [5, 5.41) is 9.35. The van der Waals surface area contributed by atoms with Crippen LogP contribution in [0.2, 0.25) is 0 Å². The Morgan fingerprint density at radius 3 is 1.91 bits per heavy atom. The van der Waals surface area contributed by atoms with Crippen molar-refractivity contribution in [3.63, 3.8) is 0 Å². The van der Waals surface area contributed by atoms with Gasteiger partial charge in [-0.05, 0) is 27.7 Å². The molecule has 3 heteroatoms. The number of hydrogen-bond donors (Lipinski definition) is 2. The van der Waals surface area contributed by atoms with Gasteiger partial charge in [0.25, 0.3) is 0 Å². The van der Waals surface area contributed by atoms with Gasteiger partial charge < -0.3 is 10.8 Å². The highest BCUT2D eigenvalue weighted by Gasteiger charge is 2.16. The van der Waals surface area contributed by atoms with Gasteiger partial charge in [-0.2, -0.15) is 11.8 Å². The monoisotopic (exact) mass is 177 g/mol. The molecule has 0 amide bonds. The molecule has 0 aliphatic heterocycles. The van der Waals surface area contributed by atoms with Crippen LogP contribution in [0.15, 0.2) is 0 Å². The fourth-order valence-electron chi connectivity index (χ4n) is 0.564. The van der Waals surface area contributed by atoms with Crippen LogP contribution < -0.4 is 5.73 Å². The van der Waals surface area contributed by atoms with Gasteiger partial charge in [-0.1, -0.05) is 0 Å². The van der Waals surface area contributed by atoms with Gasteiger partial charge in [-0.15, -0.1) is 0 Å². The summed E-state index contributed by atoms with van der Waals surface area (Å²) in [5.74, 6) is 1.63.